The number of ether oxygens (including phenoxy) is 1. The van der Waals surface area contributed by atoms with Crippen LogP contribution in [0.4, 0.5) is 11.4 Å². The molecule has 1 saturated heterocycles. The van der Waals surface area contributed by atoms with Crippen LogP contribution in [0.15, 0.2) is 42.5 Å². The van der Waals surface area contributed by atoms with E-state index in [9.17, 15) is 9.59 Å². The zero-order valence-electron chi connectivity index (χ0n) is 13.8. The summed E-state index contributed by atoms with van der Waals surface area (Å²) in [5.41, 5.74) is 2.98. The molecule has 1 aliphatic heterocycles. The van der Waals surface area contributed by atoms with Gasteiger partial charge in [-0.3, -0.25) is 9.59 Å². The van der Waals surface area contributed by atoms with Crippen molar-refractivity contribution >= 4 is 45.8 Å². The lowest BCUT2D eigenvalue weighted by atomic mass is 10.1. The Hall–Kier alpha value is -1.93. The number of anilines is 2. The van der Waals surface area contributed by atoms with E-state index in [1.54, 1.807) is 24.3 Å². The maximum absolute atomic E-state index is 12.5. The van der Waals surface area contributed by atoms with Gasteiger partial charge in [0.25, 0.3) is 11.8 Å². The SMILES string of the molecule is Cc1ccc(NC(=O)c2cccc(NC(=O)C3CCCO3)c2)cc1I. The molecule has 25 heavy (non-hydrogen) atoms. The number of nitrogens with one attached hydrogen (secondary N) is 2. The second-order valence-electron chi connectivity index (χ2n) is 5.99. The van der Waals surface area contributed by atoms with Crippen molar-refractivity contribution in [2.75, 3.05) is 17.2 Å². The molecule has 2 amide bonds. The summed E-state index contributed by atoms with van der Waals surface area (Å²) in [6.45, 7) is 2.64. The third-order valence-electron chi connectivity index (χ3n) is 4.04. The molecule has 1 aliphatic rings. The Morgan fingerprint density at radius 2 is 1.92 bits per heavy atom. The Bertz CT molecular complexity index is 801. The Morgan fingerprint density at radius 1 is 1.12 bits per heavy atom. The van der Waals surface area contributed by atoms with Crippen LogP contribution in [0.5, 0.6) is 0 Å². The van der Waals surface area contributed by atoms with Crippen LogP contribution in [0.2, 0.25) is 0 Å². The Morgan fingerprint density at radius 3 is 2.64 bits per heavy atom. The molecule has 3 rings (SSSR count). The van der Waals surface area contributed by atoms with Gasteiger partial charge in [-0.05, 0) is 78.3 Å². The van der Waals surface area contributed by atoms with Gasteiger partial charge in [0.05, 0.1) is 0 Å². The van der Waals surface area contributed by atoms with E-state index in [1.165, 1.54) is 0 Å². The van der Waals surface area contributed by atoms with Crippen LogP contribution in [0, 0.1) is 10.5 Å². The molecule has 2 aromatic carbocycles. The second kappa shape index (κ2) is 7.97. The molecule has 0 saturated carbocycles. The lowest BCUT2D eigenvalue weighted by molar-refractivity contribution is -0.124. The van der Waals surface area contributed by atoms with E-state index in [0.717, 1.165) is 27.7 Å². The van der Waals surface area contributed by atoms with Crippen molar-refractivity contribution in [2.45, 2.75) is 25.9 Å². The highest BCUT2D eigenvalue weighted by atomic mass is 127. The zero-order valence-corrected chi connectivity index (χ0v) is 16.0. The zero-order chi connectivity index (χ0) is 17.8. The first kappa shape index (κ1) is 17.9. The van der Waals surface area contributed by atoms with Gasteiger partial charge in [-0.15, -0.1) is 0 Å². The van der Waals surface area contributed by atoms with Gasteiger partial charge in [-0.25, -0.2) is 0 Å². The molecule has 0 spiro atoms. The number of rotatable bonds is 4. The second-order valence-corrected chi connectivity index (χ2v) is 7.15. The number of amides is 2. The molecule has 1 atom stereocenters. The lowest BCUT2D eigenvalue weighted by Crippen LogP contribution is -2.27. The maximum atomic E-state index is 12.5. The molecule has 0 bridgehead atoms. The quantitative estimate of drug-likeness (QED) is 0.693. The summed E-state index contributed by atoms with van der Waals surface area (Å²) in [4.78, 5) is 24.6. The van der Waals surface area contributed by atoms with Crippen LogP contribution in [0.25, 0.3) is 0 Å². The van der Waals surface area contributed by atoms with E-state index >= 15 is 0 Å². The predicted molar refractivity (Wildman–Crippen MR) is 106 cm³/mol. The van der Waals surface area contributed by atoms with Gasteiger partial charge in [0.1, 0.15) is 6.10 Å². The Balaban J connectivity index is 1.68. The highest BCUT2D eigenvalue weighted by Gasteiger charge is 2.23. The van der Waals surface area contributed by atoms with Crippen LogP contribution in [-0.4, -0.2) is 24.5 Å². The summed E-state index contributed by atoms with van der Waals surface area (Å²) in [6.07, 6.45) is 1.24. The third kappa shape index (κ3) is 4.58. The molecule has 0 aromatic heterocycles. The van der Waals surface area contributed by atoms with Crippen molar-refractivity contribution in [1.82, 2.24) is 0 Å². The molecular formula is C19H19IN2O3. The van der Waals surface area contributed by atoms with Crippen LogP contribution in [0.3, 0.4) is 0 Å². The van der Waals surface area contributed by atoms with Crippen molar-refractivity contribution in [3.05, 3.63) is 57.2 Å². The fraction of sp³-hybridized carbons (Fsp3) is 0.263. The first-order valence-corrected chi connectivity index (χ1v) is 9.21. The van der Waals surface area contributed by atoms with Crippen molar-refractivity contribution in [3.63, 3.8) is 0 Å². The molecule has 1 fully saturated rings. The lowest BCUT2D eigenvalue weighted by Gasteiger charge is -2.12. The van der Waals surface area contributed by atoms with Gasteiger partial charge >= 0.3 is 0 Å². The van der Waals surface area contributed by atoms with Gasteiger partial charge in [-0.2, -0.15) is 0 Å². The minimum atomic E-state index is -0.396. The van der Waals surface area contributed by atoms with Crippen molar-refractivity contribution in [3.8, 4) is 0 Å². The smallest absolute Gasteiger partial charge is 0.255 e. The minimum absolute atomic E-state index is 0.164. The number of carbonyl (C=O) groups excluding carboxylic acids is 2. The molecule has 6 heteroatoms. The van der Waals surface area contributed by atoms with Crippen molar-refractivity contribution in [1.29, 1.82) is 0 Å². The van der Waals surface area contributed by atoms with Crippen LogP contribution >= 0.6 is 22.6 Å². The van der Waals surface area contributed by atoms with E-state index < -0.39 is 6.10 Å². The van der Waals surface area contributed by atoms with Gasteiger partial charge in [0.2, 0.25) is 0 Å². The largest absolute Gasteiger partial charge is 0.368 e. The molecule has 1 heterocycles. The third-order valence-corrected chi connectivity index (χ3v) is 5.21. The van der Waals surface area contributed by atoms with Crippen molar-refractivity contribution in [2.24, 2.45) is 0 Å². The summed E-state index contributed by atoms with van der Waals surface area (Å²) in [5, 5.41) is 5.70. The minimum Gasteiger partial charge on any atom is -0.368 e. The standard InChI is InChI=1S/C19H19IN2O3/c1-12-7-8-15(11-16(12)20)21-18(23)13-4-2-5-14(10-13)22-19(24)17-6-3-9-25-17/h2,4-5,7-8,10-11,17H,3,6,9H2,1H3,(H,21,23)(H,22,24). The Kier molecular flexibility index (Phi) is 5.70. The highest BCUT2D eigenvalue weighted by molar-refractivity contribution is 14.1. The molecular weight excluding hydrogens is 431 g/mol. The first-order valence-electron chi connectivity index (χ1n) is 8.13. The molecule has 0 aliphatic carbocycles. The molecule has 0 radical (unpaired) electrons. The van der Waals surface area contributed by atoms with Crippen molar-refractivity contribution < 1.29 is 14.3 Å². The van der Waals surface area contributed by atoms with Gasteiger partial charge in [-0.1, -0.05) is 12.1 Å². The average molecular weight is 450 g/mol. The predicted octanol–water partition coefficient (Wildman–Crippen LogP) is 3.97. The number of benzene rings is 2. The fourth-order valence-electron chi connectivity index (χ4n) is 2.62. The Labute approximate surface area is 160 Å². The van der Waals surface area contributed by atoms with Gasteiger partial charge < -0.3 is 15.4 Å². The number of aryl methyl sites for hydroxylation is 1. The van der Waals surface area contributed by atoms with E-state index in [4.69, 9.17) is 4.74 Å². The molecule has 2 aromatic rings. The number of carbonyl (C=O) groups is 2. The van der Waals surface area contributed by atoms with Crippen LogP contribution < -0.4 is 10.6 Å². The van der Waals surface area contributed by atoms with E-state index in [1.807, 2.05) is 25.1 Å². The molecule has 2 N–H and O–H groups in total. The highest BCUT2D eigenvalue weighted by Crippen LogP contribution is 2.19. The molecule has 5 nitrogen and oxygen atoms in total. The van der Waals surface area contributed by atoms with Gasteiger partial charge in [0.15, 0.2) is 0 Å². The summed E-state index contributed by atoms with van der Waals surface area (Å²) in [6, 6.07) is 12.7. The average Bonchev–Trinajstić information content (AvgIpc) is 3.13. The van der Waals surface area contributed by atoms with Crippen LogP contribution in [-0.2, 0) is 9.53 Å². The number of hydrogen-bond acceptors (Lipinski definition) is 3. The van der Waals surface area contributed by atoms with E-state index in [-0.39, 0.29) is 11.8 Å². The first-order chi connectivity index (χ1) is 12.0. The topological polar surface area (TPSA) is 67.4 Å². The summed E-state index contributed by atoms with van der Waals surface area (Å²) < 4.78 is 6.46. The number of hydrogen-bond donors (Lipinski definition) is 2. The van der Waals surface area contributed by atoms with E-state index in [0.29, 0.717) is 17.9 Å². The fourth-order valence-corrected chi connectivity index (χ4v) is 3.13. The van der Waals surface area contributed by atoms with Crippen LogP contribution in [0.1, 0.15) is 28.8 Å². The summed E-state index contributed by atoms with van der Waals surface area (Å²) >= 11 is 2.24. The number of halogens is 1. The summed E-state index contributed by atoms with van der Waals surface area (Å²) in [7, 11) is 0. The molecule has 1 unspecified atom stereocenters. The normalized spacial score (nSPS) is 16.5. The molecule has 130 valence electrons. The maximum Gasteiger partial charge on any atom is 0.255 e. The van der Waals surface area contributed by atoms with E-state index in [2.05, 4.69) is 33.2 Å². The summed E-state index contributed by atoms with van der Waals surface area (Å²) in [5.74, 6) is -0.379. The van der Waals surface area contributed by atoms with Gasteiger partial charge in [0, 0.05) is 27.1 Å². The monoisotopic (exact) mass is 450 g/mol.